The summed E-state index contributed by atoms with van der Waals surface area (Å²) in [6.07, 6.45) is 0.679. The first kappa shape index (κ1) is 14.0. The van der Waals surface area contributed by atoms with Gasteiger partial charge in [0.2, 0.25) is 5.91 Å². The molecule has 2 rings (SSSR count). The summed E-state index contributed by atoms with van der Waals surface area (Å²) in [6, 6.07) is 7.11. The van der Waals surface area contributed by atoms with Crippen LogP contribution < -0.4 is 10.1 Å². The molecule has 0 fully saturated rings. The number of anilines is 1. The Kier molecular flexibility index (Phi) is 4.34. The highest BCUT2D eigenvalue weighted by molar-refractivity contribution is 6.43. The van der Waals surface area contributed by atoms with Crippen LogP contribution in [0.25, 0.3) is 0 Å². The van der Waals surface area contributed by atoms with E-state index in [-0.39, 0.29) is 11.8 Å². The Morgan fingerprint density at radius 1 is 1.35 bits per heavy atom. The number of hydrogen-bond acceptors (Lipinski definition) is 4. The Bertz CT molecular complexity index is 537. The van der Waals surface area contributed by atoms with E-state index in [9.17, 15) is 9.59 Å². The van der Waals surface area contributed by atoms with Crippen molar-refractivity contribution in [3.63, 3.8) is 0 Å². The first-order valence-corrected chi connectivity index (χ1v) is 6.48. The van der Waals surface area contributed by atoms with E-state index in [2.05, 4.69) is 10.4 Å². The molecule has 6 nitrogen and oxygen atoms in total. The maximum absolute atomic E-state index is 12.0. The minimum Gasteiger partial charge on any atom is -0.494 e. The Balaban J connectivity index is 2.01. The molecule has 1 aliphatic heterocycles. The molecule has 1 aliphatic rings. The van der Waals surface area contributed by atoms with Crippen LogP contribution in [-0.2, 0) is 9.59 Å². The van der Waals surface area contributed by atoms with Crippen LogP contribution in [0.3, 0.4) is 0 Å². The molecule has 1 N–H and O–H groups in total. The number of benzene rings is 1. The molecule has 0 aliphatic carbocycles. The van der Waals surface area contributed by atoms with Crippen LogP contribution in [0.15, 0.2) is 29.4 Å². The van der Waals surface area contributed by atoms with Gasteiger partial charge >= 0.3 is 0 Å². The second kappa shape index (κ2) is 6.18. The third-order valence-electron chi connectivity index (χ3n) is 2.89. The predicted octanol–water partition coefficient (Wildman–Crippen LogP) is 1.63. The summed E-state index contributed by atoms with van der Waals surface area (Å²) in [4.78, 5) is 23.3. The largest absolute Gasteiger partial charge is 0.494 e. The molecular formula is C14H17N3O3. The van der Waals surface area contributed by atoms with Gasteiger partial charge in [0.05, 0.1) is 6.61 Å². The predicted molar refractivity (Wildman–Crippen MR) is 75.7 cm³/mol. The van der Waals surface area contributed by atoms with Gasteiger partial charge in [-0.2, -0.15) is 5.10 Å². The number of amides is 2. The maximum atomic E-state index is 12.0. The van der Waals surface area contributed by atoms with Crippen LogP contribution in [-0.4, -0.2) is 36.2 Å². The van der Waals surface area contributed by atoms with Gasteiger partial charge in [-0.1, -0.05) is 0 Å². The van der Waals surface area contributed by atoms with E-state index in [1.165, 1.54) is 5.01 Å². The number of carbonyl (C=O) groups is 2. The summed E-state index contributed by atoms with van der Waals surface area (Å²) in [7, 11) is 1.55. The highest BCUT2D eigenvalue weighted by Gasteiger charge is 2.21. The van der Waals surface area contributed by atoms with Gasteiger partial charge in [0.1, 0.15) is 11.5 Å². The molecule has 0 bridgehead atoms. The molecule has 106 valence electrons. The lowest BCUT2D eigenvalue weighted by molar-refractivity contribution is -0.130. The summed E-state index contributed by atoms with van der Waals surface area (Å²) in [5, 5.41) is 7.93. The van der Waals surface area contributed by atoms with Crippen molar-refractivity contribution in [1.29, 1.82) is 0 Å². The lowest BCUT2D eigenvalue weighted by Gasteiger charge is -2.18. The fraction of sp³-hybridized carbons (Fsp3) is 0.357. The summed E-state index contributed by atoms with van der Waals surface area (Å²) >= 11 is 0. The molecular weight excluding hydrogens is 258 g/mol. The lowest BCUT2D eigenvalue weighted by atomic mass is 10.1. The van der Waals surface area contributed by atoms with Crippen molar-refractivity contribution < 1.29 is 14.3 Å². The van der Waals surface area contributed by atoms with Gasteiger partial charge in [-0.05, 0) is 31.2 Å². The smallest absolute Gasteiger partial charge is 0.271 e. The van der Waals surface area contributed by atoms with E-state index in [0.29, 0.717) is 30.8 Å². The zero-order chi connectivity index (χ0) is 14.5. The topological polar surface area (TPSA) is 71.0 Å². The standard InChI is InChI=1S/C14H17N3O3/c1-3-20-11-6-4-10(5-7-11)15-14(19)12-8-9-13(18)17(2)16-12/h4-7H,3,8-9H2,1-2H3,(H,15,19). The maximum Gasteiger partial charge on any atom is 0.271 e. The molecule has 1 aromatic carbocycles. The van der Waals surface area contributed by atoms with Crippen LogP contribution in [0.2, 0.25) is 0 Å². The van der Waals surface area contributed by atoms with E-state index in [1.807, 2.05) is 6.92 Å². The van der Waals surface area contributed by atoms with Crippen molar-refractivity contribution in [2.75, 3.05) is 19.0 Å². The molecule has 1 heterocycles. The van der Waals surface area contributed by atoms with Gasteiger partial charge < -0.3 is 10.1 Å². The summed E-state index contributed by atoms with van der Waals surface area (Å²) in [6.45, 7) is 2.51. The molecule has 0 unspecified atom stereocenters. The van der Waals surface area contributed by atoms with E-state index >= 15 is 0 Å². The van der Waals surface area contributed by atoms with E-state index in [4.69, 9.17) is 4.74 Å². The second-order valence-corrected chi connectivity index (χ2v) is 4.38. The number of nitrogens with one attached hydrogen (secondary N) is 1. The number of rotatable bonds is 4. The third-order valence-corrected chi connectivity index (χ3v) is 2.89. The molecule has 0 atom stereocenters. The van der Waals surface area contributed by atoms with Gasteiger partial charge in [-0.25, -0.2) is 5.01 Å². The van der Waals surface area contributed by atoms with Crippen LogP contribution >= 0.6 is 0 Å². The molecule has 0 radical (unpaired) electrons. The normalized spacial score (nSPS) is 14.8. The first-order valence-electron chi connectivity index (χ1n) is 6.48. The molecule has 2 amide bonds. The van der Waals surface area contributed by atoms with Crippen molar-refractivity contribution >= 4 is 23.2 Å². The van der Waals surface area contributed by atoms with Gasteiger partial charge in [0.25, 0.3) is 5.91 Å². The zero-order valence-corrected chi connectivity index (χ0v) is 11.5. The number of hydrogen-bond donors (Lipinski definition) is 1. The summed E-state index contributed by atoms with van der Waals surface area (Å²) in [5.74, 6) is 0.391. The fourth-order valence-electron chi connectivity index (χ4n) is 1.84. The zero-order valence-electron chi connectivity index (χ0n) is 11.5. The Hall–Kier alpha value is -2.37. The highest BCUT2D eigenvalue weighted by atomic mass is 16.5. The van der Waals surface area contributed by atoms with Gasteiger partial charge in [0.15, 0.2) is 0 Å². The third kappa shape index (κ3) is 3.34. The number of ether oxygens (including phenoxy) is 1. The number of carbonyl (C=O) groups excluding carboxylic acids is 2. The van der Waals surface area contributed by atoms with E-state index in [0.717, 1.165) is 5.75 Å². The molecule has 20 heavy (non-hydrogen) atoms. The number of nitrogens with zero attached hydrogens (tertiary/aromatic N) is 2. The van der Waals surface area contributed by atoms with Crippen molar-refractivity contribution in [2.45, 2.75) is 19.8 Å². The van der Waals surface area contributed by atoms with E-state index < -0.39 is 0 Å². The average Bonchev–Trinajstić information content (AvgIpc) is 2.44. The Labute approximate surface area is 117 Å². The first-order chi connectivity index (χ1) is 9.60. The van der Waals surface area contributed by atoms with Crippen LogP contribution in [0.1, 0.15) is 19.8 Å². The molecule has 0 saturated heterocycles. The Morgan fingerprint density at radius 3 is 2.65 bits per heavy atom. The van der Waals surface area contributed by atoms with Gasteiger partial charge in [-0.3, -0.25) is 9.59 Å². The van der Waals surface area contributed by atoms with Crippen molar-refractivity contribution in [1.82, 2.24) is 5.01 Å². The number of hydrazone groups is 1. The van der Waals surface area contributed by atoms with Gasteiger partial charge in [0, 0.05) is 25.6 Å². The lowest BCUT2D eigenvalue weighted by Crippen LogP contribution is -2.34. The minimum atomic E-state index is -0.284. The molecule has 0 saturated carbocycles. The SMILES string of the molecule is CCOc1ccc(NC(=O)C2=NN(C)C(=O)CC2)cc1. The monoisotopic (exact) mass is 275 g/mol. The van der Waals surface area contributed by atoms with Crippen molar-refractivity contribution in [3.8, 4) is 5.75 Å². The van der Waals surface area contributed by atoms with Crippen LogP contribution in [0, 0.1) is 0 Å². The quantitative estimate of drug-likeness (QED) is 0.908. The Morgan fingerprint density at radius 2 is 2.05 bits per heavy atom. The average molecular weight is 275 g/mol. The van der Waals surface area contributed by atoms with Crippen LogP contribution in [0.5, 0.6) is 5.75 Å². The minimum absolute atomic E-state index is 0.0809. The summed E-state index contributed by atoms with van der Waals surface area (Å²) < 4.78 is 5.33. The molecule has 0 spiro atoms. The van der Waals surface area contributed by atoms with E-state index in [1.54, 1.807) is 31.3 Å². The molecule has 0 aromatic heterocycles. The van der Waals surface area contributed by atoms with Crippen molar-refractivity contribution in [2.24, 2.45) is 5.10 Å². The van der Waals surface area contributed by atoms with Gasteiger partial charge in [-0.15, -0.1) is 0 Å². The molecule has 1 aromatic rings. The fourth-order valence-corrected chi connectivity index (χ4v) is 1.84. The van der Waals surface area contributed by atoms with Crippen molar-refractivity contribution in [3.05, 3.63) is 24.3 Å². The van der Waals surface area contributed by atoms with Crippen LogP contribution in [0.4, 0.5) is 5.69 Å². The second-order valence-electron chi connectivity index (χ2n) is 4.38. The highest BCUT2D eigenvalue weighted by Crippen LogP contribution is 2.16. The molecule has 6 heteroatoms. The summed E-state index contributed by atoms with van der Waals surface area (Å²) in [5.41, 5.74) is 1.03.